The maximum absolute atomic E-state index is 12.1. The van der Waals surface area contributed by atoms with Gasteiger partial charge >= 0.3 is 0 Å². The molecule has 0 saturated carbocycles. The number of methoxy groups -OCH3 is 1. The van der Waals surface area contributed by atoms with Crippen molar-refractivity contribution in [1.82, 2.24) is 14.5 Å². The molecule has 0 radical (unpaired) electrons. The minimum atomic E-state index is -0.737. The highest BCUT2D eigenvalue weighted by atomic mass is 32.2. The molecule has 1 atom stereocenters. The molecule has 0 aliphatic carbocycles. The molecule has 0 bridgehead atoms. The summed E-state index contributed by atoms with van der Waals surface area (Å²) < 4.78 is 19.5. The van der Waals surface area contributed by atoms with E-state index in [9.17, 15) is 4.21 Å². The SMILES string of the molecule is CCCCS(=O)CCCn1c(CCOC)nc2c(N)nc(C)c(C)c21. The average molecular weight is 367 g/mol. The topological polar surface area (TPSA) is 83.0 Å². The summed E-state index contributed by atoms with van der Waals surface area (Å²) in [6.45, 7) is 7.55. The van der Waals surface area contributed by atoms with Gasteiger partial charge in [0.2, 0.25) is 0 Å². The zero-order chi connectivity index (χ0) is 18.4. The molecule has 140 valence electrons. The second-order valence-electron chi connectivity index (χ2n) is 6.38. The van der Waals surface area contributed by atoms with Crippen LogP contribution in [0.3, 0.4) is 0 Å². The van der Waals surface area contributed by atoms with Crippen LogP contribution in [0.1, 0.15) is 43.3 Å². The van der Waals surface area contributed by atoms with Gasteiger partial charge in [0.1, 0.15) is 11.3 Å². The fourth-order valence-electron chi connectivity index (χ4n) is 2.96. The van der Waals surface area contributed by atoms with Crippen molar-refractivity contribution in [3.05, 3.63) is 17.1 Å². The largest absolute Gasteiger partial charge is 0.384 e. The molecule has 0 spiro atoms. The summed E-state index contributed by atoms with van der Waals surface area (Å²) >= 11 is 0. The number of rotatable bonds is 10. The van der Waals surface area contributed by atoms with E-state index in [1.807, 2.05) is 6.92 Å². The number of ether oxygens (including phenoxy) is 1. The van der Waals surface area contributed by atoms with E-state index < -0.39 is 10.8 Å². The van der Waals surface area contributed by atoms with Crippen molar-refractivity contribution in [2.45, 2.75) is 53.0 Å². The summed E-state index contributed by atoms with van der Waals surface area (Å²) in [5.74, 6) is 2.95. The van der Waals surface area contributed by atoms with E-state index in [4.69, 9.17) is 15.5 Å². The minimum Gasteiger partial charge on any atom is -0.384 e. The quantitative estimate of drug-likeness (QED) is 0.699. The van der Waals surface area contributed by atoms with Crippen LogP contribution in [0.5, 0.6) is 0 Å². The van der Waals surface area contributed by atoms with Crippen molar-refractivity contribution in [3.63, 3.8) is 0 Å². The zero-order valence-electron chi connectivity index (χ0n) is 15.8. The van der Waals surface area contributed by atoms with Crippen LogP contribution < -0.4 is 5.73 Å². The highest BCUT2D eigenvalue weighted by molar-refractivity contribution is 7.84. The Morgan fingerprint density at radius 2 is 1.92 bits per heavy atom. The van der Waals surface area contributed by atoms with Crippen molar-refractivity contribution in [2.75, 3.05) is 31.0 Å². The average Bonchev–Trinajstić information content (AvgIpc) is 2.95. The minimum absolute atomic E-state index is 0.474. The summed E-state index contributed by atoms with van der Waals surface area (Å²) in [6, 6.07) is 0. The molecular weight excluding hydrogens is 336 g/mol. The van der Waals surface area contributed by atoms with Gasteiger partial charge in [-0.1, -0.05) is 13.3 Å². The molecule has 6 nitrogen and oxygen atoms in total. The third-order valence-electron chi connectivity index (χ3n) is 4.48. The Bertz CT molecular complexity index is 742. The molecule has 25 heavy (non-hydrogen) atoms. The summed E-state index contributed by atoms with van der Waals surface area (Å²) in [5.41, 5.74) is 9.95. The fraction of sp³-hybridized carbons (Fsp3) is 0.667. The molecule has 2 aromatic rings. The Hall–Kier alpha value is -1.47. The number of imidazole rings is 1. The van der Waals surface area contributed by atoms with E-state index >= 15 is 0 Å². The maximum atomic E-state index is 12.1. The number of nitrogens with zero attached hydrogens (tertiary/aromatic N) is 3. The lowest BCUT2D eigenvalue weighted by Crippen LogP contribution is -2.11. The number of aryl methyl sites for hydroxylation is 3. The fourth-order valence-corrected chi connectivity index (χ4v) is 4.23. The lowest BCUT2D eigenvalue weighted by Gasteiger charge is -2.12. The number of nitrogens with two attached hydrogens (primary N) is 1. The summed E-state index contributed by atoms with van der Waals surface area (Å²) in [6.07, 6.45) is 3.70. The lowest BCUT2D eigenvalue weighted by atomic mass is 10.2. The van der Waals surface area contributed by atoms with E-state index in [0.717, 1.165) is 71.8 Å². The van der Waals surface area contributed by atoms with Crippen molar-refractivity contribution in [2.24, 2.45) is 0 Å². The number of hydrogen-bond acceptors (Lipinski definition) is 5. The van der Waals surface area contributed by atoms with Gasteiger partial charge < -0.3 is 15.0 Å². The summed E-state index contributed by atoms with van der Waals surface area (Å²) in [5, 5.41) is 0. The molecular formula is C18H30N4O2S. The number of nitrogen functional groups attached to an aromatic ring is 1. The number of hydrogen-bond donors (Lipinski definition) is 1. The third kappa shape index (κ3) is 4.79. The Morgan fingerprint density at radius 1 is 1.20 bits per heavy atom. The highest BCUT2D eigenvalue weighted by Gasteiger charge is 2.17. The van der Waals surface area contributed by atoms with Gasteiger partial charge in [-0.05, 0) is 32.3 Å². The molecule has 2 aromatic heterocycles. The van der Waals surface area contributed by atoms with Crippen LogP contribution in [0.4, 0.5) is 5.82 Å². The second kappa shape index (κ2) is 9.29. The van der Waals surface area contributed by atoms with E-state index in [1.54, 1.807) is 7.11 Å². The van der Waals surface area contributed by atoms with Crippen molar-refractivity contribution >= 4 is 27.7 Å². The first kappa shape index (κ1) is 19.8. The molecule has 0 amide bonds. The molecule has 0 aliphatic heterocycles. The molecule has 0 aliphatic rings. The van der Waals surface area contributed by atoms with Crippen LogP contribution in [0.25, 0.3) is 11.0 Å². The monoisotopic (exact) mass is 366 g/mol. The zero-order valence-corrected chi connectivity index (χ0v) is 16.6. The lowest BCUT2D eigenvalue weighted by molar-refractivity contribution is 0.199. The Labute approximate surface area is 152 Å². The van der Waals surface area contributed by atoms with Crippen LogP contribution >= 0.6 is 0 Å². The van der Waals surface area contributed by atoms with Gasteiger partial charge in [-0.2, -0.15) is 0 Å². The Kier molecular flexibility index (Phi) is 7.38. The smallest absolute Gasteiger partial charge is 0.151 e. The summed E-state index contributed by atoms with van der Waals surface area (Å²) in [7, 11) is 0.953. The van der Waals surface area contributed by atoms with E-state index in [0.29, 0.717) is 12.4 Å². The molecule has 0 aromatic carbocycles. The summed E-state index contributed by atoms with van der Waals surface area (Å²) in [4.78, 5) is 9.12. The number of aromatic nitrogens is 3. The van der Waals surface area contributed by atoms with Crippen LogP contribution in [0, 0.1) is 13.8 Å². The molecule has 0 fully saturated rings. The standard InChI is InChI=1S/C18H30N4O2S/c1-5-6-11-25(23)12-7-9-22-15(8-10-24-4)21-16-17(22)13(2)14(3)20-18(16)19/h5-12H2,1-4H3,(H2,19,20). The highest BCUT2D eigenvalue weighted by Crippen LogP contribution is 2.26. The Morgan fingerprint density at radius 3 is 2.60 bits per heavy atom. The first-order valence-corrected chi connectivity index (χ1v) is 10.4. The predicted octanol–water partition coefficient (Wildman–Crippen LogP) is 2.76. The molecule has 2 rings (SSSR count). The van der Waals surface area contributed by atoms with E-state index in [-0.39, 0.29) is 0 Å². The van der Waals surface area contributed by atoms with Crippen LogP contribution in [-0.4, -0.2) is 44.0 Å². The first-order valence-electron chi connectivity index (χ1n) is 8.95. The third-order valence-corrected chi connectivity index (χ3v) is 5.97. The van der Waals surface area contributed by atoms with Crippen LogP contribution in [-0.2, 0) is 28.5 Å². The van der Waals surface area contributed by atoms with Gasteiger partial charge in [0.05, 0.1) is 12.1 Å². The number of unbranched alkanes of at least 4 members (excludes halogenated alkanes) is 1. The second-order valence-corrected chi connectivity index (χ2v) is 8.08. The van der Waals surface area contributed by atoms with Crippen molar-refractivity contribution in [3.8, 4) is 0 Å². The molecule has 1 unspecified atom stereocenters. The van der Waals surface area contributed by atoms with Gasteiger partial charge in [0.25, 0.3) is 0 Å². The normalized spacial score (nSPS) is 12.8. The predicted molar refractivity (Wildman–Crippen MR) is 104 cm³/mol. The number of pyridine rings is 1. The van der Waals surface area contributed by atoms with Gasteiger partial charge in [-0.3, -0.25) is 4.21 Å². The van der Waals surface area contributed by atoms with E-state index in [1.165, 1.54) is 0 Å². The Balaban J connectivity index is 2.27. The van der Waals surface area contributed by atoms with Gasteiger partial charge in [0.15, 0.2) is 5.82 Å². The molecule has 0 saturated heterocycles. The van der Waals surface area contributed by atoms with Crippen LogP contribution in [0.15, 0.2) is 0 Å². The van der Waals surface area contributed by atoms with Crippen molar-refractivity contribution in [1.29, 1.82) is 0 Å². The molecule has 7 heteroatoms. The van der Waals surface area contributed by atoms with Gasteiger partial charge in [-0.15, -0.1) is 0 Å². The molecule has 2 N–H and O–H groups in total. The van der Waals surface area contributed by atoms with E-state index in [2.05, 4.69) is 23.4 Å². The van der Waals surface area contributed by atoms with Gasteiger partial charge in [0, 0.05) is 48.1 Å². The first-order chi connectivity index (χ1) is 12.0. The van der Waals surface area contributed by atoms with Crippen LogP contribution in [0.2, 0.25) is 0 Å². The van der Waals surface area contributed by atoms with Crippen molar-refractivity contribution < 1.29 is 8.95 Å². The number of fused-ring (bicyclic) bond motifs is 1. The van der Waals surface area contributed by atoms with Gasteiger partial charge in [-0.25, -0.2) is 9.97 Å². The molecule has 2 heterocycles. The maximum Gasteiger partial charge on any atom is 0.151 e. The number of anilines is 1.